The molecular weight excluding hydrogens is 461 g/mol. The molecule has 0 radical (unpaired) electrons. The minimum atomic E-state index is -2.21. The van der Waals surface area contributed by atoms with Crippen LogP contribution in [0.3, 0.4) is 0 Å². The van der Waals surface area contributed by atoms with Crippen molar-refractivity contribution in [2.24, 2.45) is 0 Å². The molecule has 1 saturated carbocycles. The molecule has 1 aromatic carbocycles. The van der Waals surface area contributed by atoms with Crippen LogP contribution in [0, 0.1) is 0 Å². The molecule has 30 heavy (non-hydrogen) atoms. The molecule has 172 valence electrons. The van der Waals surface area contributed by atoms with E-state index in [0.29, 0.717) is 4.22 Å². The van der Waals surface area contributed by atoms with Crippen LogP contribution in [-0.4, -0.2) is 17.0 Å². The molecule has 0 amide bonds. The molecule has 2 aliphatic carbocycles. The predicted molar refractivity (Wildman–Crippen MR) is 128 cm³/mol. The van der Waals surface area contributed by atoms with Gasteiger partial charge in [0.05, 0.1) is 0 Å². The monoisotopic (exact) mass is 505 g/mol. The third-order valence-corrected chi connectivity index (χ3v) is 12.3. The van der Waals surface area contributed by atoms with E-state index < -0.39 is 16.8 Å². The summed E-state index contributed by atoms with van der Waals surface area (Å²) in [6.07, 6.45) is 15.8. The Morgan fingerprint density at radius 2 is 1.23 bits per heavy atom. The van der Waals surface area contributed by atoms with Crippen molar-refractivity contribution >= 4 is 16.5 Å². The van der Waals surface area contributed by atoms with Crippen LogP contribution in [0.2, 0.25) is 10.5 Å². The Bertz CT molecular complexity index is 650. The van der Waals surface area contributed by atoms with Gasteiger partial charge in [-0.3, -0.25) is 0 Å². The average molecular weight is 507 g/mol. The Morgan fingerprint density at radius 3 is 1.77 bits per heavy atom. The first-order valence-corrected chi connectivity index (χ1v) is 16.4. The van der Waals surface area contributed by atoms with E-state index in [1.807, 2.05) is 0 Å². The molecule has 0 heterocycles. The fraction of sp³-hybridized carbons (Fsp3) is 0.680. The molecule has 1 unspecified atom stereocenters. The molecule has 2 aliphatic rings. The number of hydrogen-bond donors (Lipinski definition) is 1. The van der Waals surface area contributed by atoms with E-state index in [-0.39, 0.29) is 35.8 Å². The zero-order chi connectivity index (χ0) is 19.3. The number of nitrogens with one attached hydrogen (secondary N) is 1. The first-order chi connectivity index (χ1) is 13.0. The number of rotatable bonds is 3. The van der Waals surface area contributed by atoms with E-state index in [0.717, 1.165) is 6.04 Å². The molecule has 1 nitrogen and oxygen atoms in total. The summed E-state index contributed by atoms with van der Waals surface area (Å²) in [6.45, 7) is 4.73. The van der Waals surface area contributed by atoms with Crippen LogP contribution < -0.4 is 28.6 Å². The van der Waals surface area contributed by atoms with Crippen LogP contribution in [0.25, 0.3) is 5.57 Å². The van der Waals surface area contributed by atoms with Gasteiger partial charge in [-0.15, -0.1) is 0 Å². The van der Waals surface area contributed by atoms with Gasteiger partial charge in [0.25, 0.3) is 0 Å². The first kappa shape index (κ1) is 30.4. The van der Waals surface area contributed by atoms with E-state index in [1.165, 1.54) is 81.8 Å². The smallest absolute Gasteiger partial charge is 0.0149 e. The van der Waals surface area contributed by atoms with Gasteiger partial charge in [0, 0.05) is 0 Å². The zero-order valence-electron chi connectivity index (χ0n) is 19.0. The first-order valence-electron chi connectivity index (χ1n) is 11.5. The SMILES string of the molecule is CC1=C(C)[CH]([Ti+2]([CH3])([CH3])[NH]C2CCCCCCCCCCC2)c2ccccc21.[Cl-].[Cl-].[SiH4]. The van der Waals surface area contributed by atoms with Crippen molar-refractivity contribution < 1.29 is 41.7 Å². The summed E-state index contributed by atoms with van der Waals surface area (Å²) in [4.78, 5) is 0. The van der Waals surface area contributed by atoms with Crippen LogP contribution in [0.5, 0.6) is 0 Å². The molecule has 0 aromatic heterocycles. The summed E-state index contributed by atoms with van der Waals surface area (Å²) in [5, 5.41) is 5.25. The van der Waals surface area contributed by atoms with Crippen LogP contribution in [0.15, 0.2) is 29.8 Å². The summed E-state index contributed by atoms with van der Waals surface area (Å²) in [7, 11) is 0. The normalized spacial score (nSPS) is 20.7. The van der Waals surface area contributed by atoms with Crippen molar-refractivity contribution in [3.8, 4) is 0 Å². The van der Waals surface area contributed by atoms with Crippen molar-refractivity contribution in [2.75, 3.05) is 0 Å². The molecule has 3 rings (SSSR count). The van der Waals surface area contributed by atoms with Crippen LogP contribution >= 0.6 is 0 Å². The second kappa shape index (κ2) is 14.6. The maximum atomic E-state index is 4.33. The van der Waals surface area contributed by atoms with Crippen molar-refractivity contribution in [1.82, 2.24) is 3.80 Å². The van der Waals surface area contributed by atoms with Crippen molar-refractivity contribution in [3.63, 3.8) is 0 Å². The van der Waals surface area contributed by atoms with Gasteiger partial charge in [-0.2, -0.15) is 0 Å². The van der Waals surface area contributed by atoms with Gasteiger partial charge in [0.1, 0.15) is 0 Å². The Labute approximate surface area is 207 Å². The van der Waals surface area contributed by atoms with Crippen molar-refractivity contribution in [2.45, 2.75) is 105 Å². The maximum Gasteiger partial charge on any atom is -0.0149 e. The molecule has 5 heteroatoms. The Balaban J connectivity index is 0.00000280. The summed E-state index contributed by atoms with van der Waals surface area (Å²) in [6, 6.07) is 9.93. The number of fused-ring (bicyclic) bond motifs is 1. The van der Waals surface area contributed by atoms with Gasteiger partial charge < -0.3 is 24.8 Å². The van der Waals surface area contributed by atoms with Gasteiger partial charge in [-0.05, 0) is 11.0 Å². The number of hydrogen-bond acceptors (Lipinski definition) is 1. The topological polar surface area (TPSA) is 12.0 Å². The molecule has 0 aliphatic heterocycles. The maximum absolute atomic E-state index is 4.33. The van der Waals surface area contributed by atoms with E-state index in [2.05, 4.69) is 52.4 Å². The molecule has 0 bridgehead atoms. The fourth-order valence-electron chi connectivity index (χ4n) is 5.60. The summed E-state index contributed by atoms with van der Waals surface area (Å²) in [5.74, 6) is 0. The van der Waals surface area contributed by atoms with Gasteiger partial charge in [0.2, 0.25) is 0 Å². The summed E-state index contributed by atoms with van der Waals surface area (Å²) < 4.78 is 5.02. The van der Waals surface area contributed by atoms with E-state index >= 15 is 0 Å². The van der Waals surface area contributed by atoms with Crippen LogP contribution in [0.1, 0.15) is 99.8 Å². The van der Waals surface area contributed by atoms with Gasteiger partial charge >= 0.3 is 172 Å². The minimum absolute atomic E-state index is 0. The Morgan fingerprint density at radius 1 is 0.767 bits per heavy atom. The molecule has 0 saturated heterocycles. The van der Waals surface area contributed by atoms with Gasteiger partial charge in [0.15, 0.2) is 0 Å². The number of allylic oxidation sites excluding steroid dienone is 2. The largest absolute Gasteiger partial charge is 1.00 e. The predicted octanol–water partition coefficient (Wildman–Crippen LogP) is 0.519. The Hall–Kier alpha value is 0.431. The van der Waals surface area contributed by atoms with E-state index in [9.17, 15) is 0 Å². The minimum Gasteiger partial charge on any atom is -1.00 e. The molecule has 1 atom stereocenters. The summed E-state index contributed by atoms with van der Waals surface area (Å²) in [5.41, 5.74) is 6.30. The third-order valence-electron chi connectivity index (χ3n) is 7.10. The molecule has 0 spiro atoms. The van der Waals surface area contributed by atoms with E-state index in [4.69, 9.17) is 0 Å². The van der Waals surface area contributed by atoms with Gasteiger partial charge in [-0.1, -0.05) is 0 Å². The van der Waals surface area contributed by atoms with Crippen LogP contribution in [0.4, 0.5) is 0 Å². The summed E-state index contributed by atoms with van der Waals surface area (Å²) >= 11 is -2.21. The second-order valence-corrected chi connectivity index (χ2v) is 16.4. The molecular formula is C25H45Cl2NSiTi. The molecule has 1 fully saturated rings. The number of benzene rings is 1. The number of halogens is 2. The average Bonchev–Trinajstić information content (AvgIpc) is 2.89. The molecule has 1 aromatic rings. The third kappa shape index (κ3) is 7.78. The second-order valence-electron chi connectivity index (χ2n) is 9.65. The van der Waals surface area contributed by atoms with Crippen LogP contribution in [-0.2, 0) is 16.8 Å². The van der Waals surface area contributed by atoms with Crippen molar-refractivity contribution in [3.05, 3.63) is 41.0 Å². The standard InChI is InChI=1S/C12H24N.C11H11.2CH3.2ClH.H4Si.Ti/c13-12-10-8-6-4-2-1-3-5-7-9-11-12;1-8-7-10-5-3-4-6-11(10)9(8)2;;;;;;/h12-13H,1-11H2;3-7H,1-2H3;2*1H3;2*1H;1H4;/q-1;;;;;;;+3/p-2. The molecule has 1 N–H and O–H groups in total. The quantitative estimate of drug-likeness (QED) is 0.590. The van der Waals surface area contributed by atoms with Gasteiger partial charge in [-0.25, -0.2) is 0 Å². The van der Waals surface area contributed by atoms with Crippen molar-refractivity contribution in [1.29, 1.82) is 0 Å². The van der Waals surface area contributed by atoms with E-state index in [1.54, 1.807) is 11.1 Å². The zero-order valence-corrected chi connectivity index (χ0v) is 22.1. The fourth-order valence-corrected chi connectivity index (χ4v) is 11.6. The Kier molecular flexibility index (Phi) is 14.8.